The van der Waals surface area contributed by atoms with E-state index in [1.807, 2.05) is 24.3 Å². The number of hydrogen-bond donors (Lipinski definition) is 1. The minimum atomic E-state index is -0.525. The highest BCUT2D eigenvalue weighted by Crippen LogP contribution is 2.49. The molecule has 1 aliphatic carbocycles. The van der Waals surface area contributed by atoms with Crippen LogP contribution in [-0.4, -0.2) is 33.2 Å². The first-order valence-electron chi connectivity index (χ1n) is 8.58. The number of hydrogen-bond acceptors (Lipinski definition) is 5. The first kappa shape index (κ1) is 17.1. The molecule has 0 unspecified atom stereocenters. The smallest absolute Gasteiger partial charge is 0.231 e. The number of benzene rings is 2. The van der Waals surface area contributed by atoms with Gasteiger partial charge in [-0.3, -0.25) is 4.79 Å². The Kier molecular flexibility index (Phi) is 4.31. The summed E-state index contributed by atoms with van der Waals surface area (Å²) in [4.78, 5) is 12.8. The summed E-state index contributed by atoms with van der Waals surface area (Å²) in [7, 11) is 1.61. The fraction of sp³-hybridized carbons (Fsp3) is 0.263. The second-order valence-corrected chi connectivity index (χ2v) is 6.48. The molecule has 0 radical (unpaired) electrons. The topological polar surface area (TPSA) is 81.9 Å². The molecule has 1 N–H and O–H groups in total. The van der Waals surface area contributed by atoms with Gasteiger partial charge < -0.3 is 10.1 Å². The van der Waals surface area contributed by atoms with Crippen molar-refractivity contribution in [2.75, 3.05) is 7.11 Å². The Labute approximate surface area is 155 Å². The molecule has 138 valence electrons. The van der Waals surface area contributed by atoms with Crippen LogP contribution in [-0.2, 0) is 16.8 Å². The number of nitrogens with one attached hydrogen (secondary N) is 1. The maximum Gasteiger partial charge on any atom is 0.231 e. The SMILES string of the molecule is COc1cccc(C2(C(=O)NCc3nnnn3-c3ccc(F)cc3)CC2)c1. The number of methoxy groups -OCH3 is 1. The third-order valence-electron chi connectivity index (χ3n) is 4.82. The first-order chi connectivity index (χ1) is 13.1. The normalized spacial score (nSPS) is 14.6. The van der Waals surface area contributed by atoms with E-state index in [0.29, 0.717) is 11.5 Å². The van der Waals surface area contributed by atoms with Crippen molar-refractivity contribution in [1.29, 1.82) is 0 Å². The van der Waals surface area contributed by atoms with Gasteiger partial charge in [0.1, 0.15) is 11.6 Å². The van der Waals surface area contributed by atoms with Crippen LogP contribution in [0.2, 0.25) is 0 Å². The van der Waals surface area contributed by atoms with E-state index in [0.717, 1.165) is 24.2 Å². The lowest BCUT2D eigenvalue weighted by molar-refractivity contribution is -0.123. The Balaban J connectivity index is 1.49. The van der Waals surface area contributed by atoms with E-state index >= 15 is 0 Å². The van der Waals surface area contributed by atoms with Gasteiger partial charge in [0.05, 0.1) is 24.8 Å². The molecule has 1 aromatic heterocycles. The summed E-state index contributed by atoms with van der Waals surface area (Å²) in [6, 6.07) is 13.4. The third kappa shape index (κ3) is 3.25. The molecule has 0 spiro atoms. The molecule has 0 atom stereocenters. The van der Waals surface area contributed by atoms with Crippen molar-refractivity contribution >= 4 is 5.91 Å². The highest BCUT2D eigenvalue weighted by molar-refractivity contribution is 5.91. The Morgan fingerprint density at radius 2 is 2.04 bits per heavy atom. The molecule has 4 rings (SSSR count). The summed E-state index contributed by atoms with van der Waals surface area (Å²) in [5, 5.41) is 14.5. The lowest BCUT2D eigenvalue weighted by Crippen LogP contribution is -2.35. The number of carbonyl (C=O) groups is 1. The quantitative estimate of drug-likeness (QED) is 0.722. The van der Waals surface area contributed by atoms with Gasteiger partial charge in [-0.1, -0.05) is 12.1 Å². The number of halogens is 1. The number of aromatic nitrogens is 4. The summed E-state index contributed by atoms with van der Waals surface area (Å²) in [6.07, 6.45) is 1.57. The average Bonchev–Trinajstić information content (AvgIpc) is 3.39. The minimum absolute atomic E-state index is 0.0654. The van der Waals surface area contributed by atoms with Crippen LogP contribution < -0.4 is 10.1 Å². The first-order valence-corrected chi connectivity index (χ1v) is 8.58. The molecule has 2 aromatic carbocycles. The van der Waals surface area contributed by atoms with Crippen molar-refractivity contribution in [1.82, 2.24) is 25.5 Å². The molecule has 1 saturated carbocycles. The molecule has 8 heteroatoms. The number of ether oxygens (including phenoxy) is 1. The van der Waals surface area contributed by atoms with Gasteiger partial charge in [0, 0.05) is 0 Å². The van der Waals surface area contributed by atoms with Crippen molar-refractivity contribution < 1.29 is 13.9 Å². The van der Waals surface area contributed by atoms with Crippen LogP contribution in [0.15, 0.2) is 48.5 Å². The molecule has 0 bridgehead atoms. The number of carbonyl (C=O) groups excluding carboxylic acids is 1. The zero-order valence-electron chi connectivity index (χ0n) is 14.7. The third-order valence-corrected chi connectivity index (χ3v) is 4.82. The van der Waals surface area contributed by atoms with Crippen molar-refractivity contribution in [3.8, 4) is 11.4 Å². The molecule has 1 heterocycles. The van der Waals surface area contributed by atoms with Crippen molar-refractivity contribution in [3.63, 3.8) is 0 Å². The maximum atomic E-state index is 13.1. The molecule has 1 fully saturated rings. The zero-order chi connectivity index (χ0) is 18.9. The standard InChI is InChI=1S/C19H18FN5O2/c1-27-16-4-2-3-13(11-16)19(9-10-19)18(26)21-12-17-22-23-24-25(17)15-7-5-14(20)6-8-15/h2-8,11H,9-10,12H2,1H3,(H,21,26). The summed E-state index contributed by atoms with van der Waals surface area (Å²) < 4.78 is 19.8. The Bertz CT molecular complexity index is 966. The summed E-state index contributed by atoms with van der Waals surface area (Å²) in [6.45, 7) is 0.176. The van der Waals surface area contributed by atoms with Gasteiger partial charge in [-0.2, -0.15) is 4.68 Å². The molecule has 7 nitrogen and oxygen atoms in total. The molecule has 27 heavy (non-hydrogen) atoms. The van der Waals surface area contributed by atoms with Gasteiger partial charge in [-0.05, 0) is 65.2 Å². The number of nitrogens with zero attached hydrogens (tertiary/aromatic N) is 4. The van der Waals surface area contributed by atoms with Crippen LogP contribution in [0.3, 0.4) is 0 Å². The Hall–Kier alpha value is -3.29. The second kappa shape index (κ2) is 6.79. The molecule has 3 aromatic rings. The van der Waals surface area contributed by atoms with Crippen LogP contribution in [0.1, 0.15) is 24.2 Å². The Morgan fingerprint density at radius 3 is 2.74 bits per heavy atom. The highest BCUT2D eigenvalue weighted by atomic mass is 19.1. The lowest BCUT2D eigenvalue weighted by atomic mass is 9.95. The van der Waals surface area contributed by atoms with Gasteiger partial charge in [0.2, 0.25) is 5.91 Å². The van der Waals surface area contributed by atoms with Crippen LogP contribution in [0.5, 0.6) is 5.75 Å². The predicted molar refractivity (Wildman–Crippen MR) is 94.9 cm³/mol. The predicted octanol–water partition coefficient (Wildman–Crippen LogP) is 2.16. The molecule has 1 amide bonds. The zero-order valence-corrected chi connectivity index (χ0v) is 14.7. The fourth-order valence-corrected chi connectivity index (χ4v) is 3.12. The largest absolute Gasteiger partial charge is 0.497 e. The van der Waals surface area contributed by atoms with Crippen LogP contribution in [0.25, 0.3) is 5.69 Å². The van der Waals surface area contributed by atoms with Gasteiger partial charge >= 0.3 is 0 Å². The van der Waals surface area contributed by atoms with Gasteiger partial charge in [-0.25, -0.2) is 4.39 Å². The van der Waals surface area contributed by atoms with Crippen molar-refractivity contribution in [2.45, 2.75) is 24.8 Å². The van der Waals surface area contributed by atoms with E-state index in [1.165, 1.54) is 16.8 Å². The molecular formula is C19H18FN5O2. The van der Waals surface area contributed by atoms with Gasteiger partial charge in [0.15, 0.2) is 5.82 Å². The second-order valence-electron chi connectivity index (χ2n) is 6.48. The van der Waals surface area contributed by atoms with Crippen molar-refractivity contribution in [3.05, 3.63) is 65.7 Å². The Morgan fingerprint density at radius 1 is 1.26 bits per heavy atom. The van der Waals surface area contributed by atoms with E-state index in [1.54, 1.807) is 19.2 Å². The number of tetrazole rings is 1. The van der Waals surface area contributed by atoms with Gasteiger partial charge in [0.25, 0.3) is 0 Å². The number of amides is 1. The lowest BCUT2D eigenvalue weighted by Gasteiger charge is -2.16. The molecular weight excluding hydrogens is 349 g/mol. The van der Waals surface area contributed by atoms with Crippen molar-refractivity contribution in [2.24, 2.45) is 0 Å². The van der Waals surface area contributed by atoms with E-state index in [2.05, 4.69) is 20.8 Å². The van der Waals surface area contributed by atoms with E-state index in [4.69, 9.17) is 4.74 Å². The van der Waals surface area contributed by atoms with Crippen LogP contribution in [0, 0.1) is 5.82 Å². The van der Waals surface area contributed by atoms with Crippen LogP contribution >= 0.6 is 0 Å². The molecule has 1 aliphatic rings. The van der Waals surface area contributed by atoms with E-state index < -0.39 is 5.41 Å². The number of rotatable bonds is 6. The average molecular weight is 367 g/mol. The summed E-state index contributed by atoms with van der Waals surface area (Å²) in [5.74, 6) is 0.795. The summed E-state index contributed by atoms with van der Waals surface area (Å²) in [5.41, 5.74) is 1.04. The summed E-state index contributed by atoms with van der Waals surface area (Å²) >= 11 is 0. The maximum absolute atomic E-state index is 13.1. The fourth-order valence-electron chi connectivity index (χ4n) is 3.12. The highest BCUT2D eigenvalue weighted by Gasteiger charge is 2.51. The van der Waals surface area contributed by atoms with E-state index in [9.17, 15) is 9.18 Å². The van der Waals surface area contributed by atoms with Crippen LogP contribution in [0.4, 0.5) is 4.39 Å². The monoisotopic (exact) mass is 367 g/mol. The molecule has 0 aliphatic heterocycles. The van der Waals surface area contributed by atoms with E-state index in [-0.39, 0.29) is 18.3 Å². The van der Waals surface area contributed by atoms with Gasteiger partial charge in [-0.15, -0.1) is 5.10 Å². The molecule has 0 saturated heterocycles. The minimum Gasteiger partial charge on any atom is -0.497 e.